The predicted molar refractivity (Wildman–Crippen MR) is 213 cm³/mol. The molecule has 0 spiro atoms. The van der Waals surface area contributed by atoms with E-state index in [0.717, 1.165) is 93.8 Å². The number of hydrogen-bond donors (Lipinski definition) is 0. The van der Waals surface area contributed by atoms with E-state index in [1.54, 1.807) is 0 Å². The fourth-order valence-corrected chi connectivity index (χ4v) is 8.36. The molecular formula is C48H27NO3. The van der Waals surface area contributed by atoms with E-state index in [-0.39, 0.29) is 0 Å². The van der Waals surface area contributed by atoms with Gasteiger partial charge in [0.25, 0.3) is 0 Å². The minimum absolute atomic E-state index is 0.772. The van der Waals surface area contributed by atoms with E-state index in [0.29, 0.717) is 0 Å². The summed E-state index contributed by atoms with van der Waals surface area (Å²) in [4.78, 5) is 0. The highest BCUT2D eigenvalue weighted by Crippen LogP contribution is 2.42. The highest BCUT2D eigenvalue weighted by atomic mass is 16.4. The first-order valence-electron chi connectivity index (χ1n) is 17.6. The van der Waals surface area contributed by atoms with Gasteiger partial charge in [-0.15, -0.1) is 0 Å². The number of hydrogen-bond acceptors (Lipinski definition) is 3. The summed E-state index contributed by atoms with van der Waals surface area (Å²) in [5.41, 5.74) is 13.1. The van der Waals surface area contributed by atoms with Crippen LogP contribution in [0.25, 0.3) is 116 Å². The lowest BCUT2D eigenvalue weighted by atomic mass is 9.97. The maximum atomic E-state index is 6.56. The molecule has 12 rings (SSSR count). The number of fused-ring (bicyclic) bond motifs is 13. The Morgan fingerprint density at radius 1 is 0.288 bits per heavy atom. The second kappa shape index (κ2) is 10.3. The van der Waals surface area contributed by atoms with Crippen molar-refractivity contribution in [3.8, 4) is 27.9 Å². The van der Waals surface area contributed by atoms with Crippen LogP contribution >= 0.6 is 0 Å². The molecule has 0 atom stereocenters. The molecule has 8 aromatic carbocycles. The van der Waals surface area contributed by atoms with Gasteiger partial charge in [0.15, 0.2) is 11.2 Å². The molecule has 242 valence electrons. The Balaban J connectivity index is 0.972. The van der Waals surface area contributed by atoms with Crippen LogP contribution in [0.3, 0.4) is 0 Å². The third kappa shape index (κ3) is 3.86. The van der Waals surface area contributed by atoms with Crippen LogP contribution in [0.4, 0.5) is 0 Å². The van der Waals surface area contributed by atoms with E-state index >= 15 is 0 Å². The van der Waals surface area contributed by atoms with Crippen LogP contribution in [0, 0.1) is 0 Å². The molecule has 0 fully saturated rings. The van der Waals surface area contributed by atoms with Gasteiger partial charge < -0.3 is 17.8 Å². The van der Waals surface area contributed by atoms with Gasteiger partial charge >= 0.3 is 0 Å². The van der Waals surface area contributed by atoms with Gasteiger partial charge in [-0.25, -0.2) is 0 Å². The quantitative estimate of drug-likeness (QED) is 0.189. The molecule has 0 N–H and O–H groups in total. The summed E-state index contributed by atoms with van der Waals surface area (Å²) in [6.45, 7) is 0. The van der Waals surface area contributed by atoms with E-state index < -0.39 is 0 Å². The third-order valence-electron chi connectivity index (χ3n) is 10.8. The lowest BCUT2D eigenvalue weighted by molar-refractivity contribution is 0.633. The smallest absolute Gasteiger partial charge is 0.178 e. The molecule has 0 amide bonds. The summed E-state index contributed by atoms with van der Waals surface area (Å²) in [7, 11) is 0. The zero-order valence-electron chi connectivity index (χ0n) is 27.8. The Bertz CT molecular complexity index is 3370. The molecule has 0 saturated heterocycles. The van der Waals surface area contributed by atoms with E-state index in [9.17, 15) is 0 Å². The number of rotatable bonds is 3. The van der Waals surface area contributed by atoms with Crippen molar-refractivity contribution in [2.45, 2.75) is 0 Å². The van der Waals surface area contributed by atoms with Crippen LogP contribution in [-0.4, -0.2) is 4.57 Å². The highest BCUT2D eigenvalue weighted by molar-refractivity contribution is 6.19. The van der Waals surface area contributed by atoms with Crippen molar-refractivity contribution in [1.82, 2.24) is 4.57 Å². The van der Waals surface area contributed by atoms with Crippen LogP contribution in [0.5, 0.6) is 0 Å². The molecule has 0 radical (unpaired) electrons. The molecule has 52 heavy (non-hydrogen) atoms. The van der Waals surface area contributed by atoms with Crippen LogP contribution in [0.2, 0.25) is 0 Å². The van der Waals surface area contributed by atoms with E-state index in [1.807, 2.05) is 12.1 Å². The standard InChI is InChI=1S/C48H27NO3/c1-4-13-41-33(10-1)34-11-2-5-14-42(34)49(41)32-18-23-46-40(27-32)37-20-19-36-39-26-31(17-22-45(39)51-47(36)48(37)52-46)29-9-7-8-28(24-29)30-16-21-44-38(25-30)35-12-3-6-15-43(35)50-44/h1-27H. The lowest BCUT2D eigenvalue weighted by Gasteiger charge is -2.07. The van der Waals surface area contributed by atoms with Crippen LogP contribution in [0.15, 0.2) is 177 Å². The molecule has 4 heteroatoms. The summed E-state index contributed by atoms with van der Waals surface area (Å²) in [5.74, 6) is 0. The first kappa shape index (κ1) is 27.7. The molecular weight excluding hydrogens is 639 g/mol. The molecule has 0 aliphatic carbocycles. The van der Waals surface area contributed by atoms with Crippen molar-refractivity contribution in [2.75, 3.05) is 0 Å². The Hall–Kier alpha value is -7.04. The van der Waals surface area contributed by atoms with E-state index in [2.05, 4.69) is 156 Å². The molecule has 4 heterocycles. The van der Waals surface area contributed by atoms with E-state index in [1.165, 1.54) is 21.8 Å². The van der Waals surface area contributed by atoms with Crippen molar-refractivity contribution >= 4 is 87.6 Å². The molecule has 0 bridgehead atoms. The Morgan fingerprint density at radius 2 is 0.769 bits per heavy atom. The average Bonchev–Trinajstić information content (AvgIpc) is 3.96. The monoisotopic (exact) mass is 665 g/mol. The summed E-state index contributed by atoms with van der Waals surface area (Å²) < 4.78 is 21.5. The second-order valence-electron chi connectivity index (χ2n) is 13.7. The SMILES string of the molecule is c1cc(-c2ccc3oc4ccccc4c3c2)cc(-c2ccc3oc4c(ccc5c6cc(-n7c8ccccc8c8ccccc87)ccc6oc54)c3c2)c1. The first-order chi connectivity index (χ1) is 25.7. The van der Waals surface area contributed by atoms with Gasteiger partial charge in [-0.1, -0.05) is 84.9 Å². The molecule has 4 aromatic heterocycles. The molecule has 12 aromatic rings. The van der Waals surface area contributed by atoms with Crippen molar-refractivity contribution in [3.05, 3.63) is 164 Å². The highest BCUT2D eigenvalue weighted by Gasteiger charge is 2.19. The minimum atomic E-state index is 0.772. The van der Waals surface area contributed by atoms with Gasteiger partial charge in [0, 0.05) is 48.8 Å². The Morgan fingerprint density at radius 3 is 1.42 bits per heavy atom. The molecule has 0 aliphatic rings. The average molecular weight is 666 g/mol. The van der Waals surface area contributed by atoms with E-state index in [4.69, 9.17) is 13.3 Å². The second-order valence-corrected chi connectivity index (χ2v) is 13.7. The number of nitrogens with zero attached hydrogens (tertiary/aromatic N) is 1. The fraction of sp³-hybridized carbons (Fsp3) is 0. The largest absolute Gasteiger partial charge is 0.456 e. The van der Waals surface area contributed by atoms with Crippen molar-refractivity contribution in [2.24, 2.45) is 0 Å². The number of benzene rings is 8. The predicted octanol–water partition coefficient (Wildman–Crippen LogP) is 13.8. The number of furan rings is 3. The number of para-hydroxylation sites is 3. The summed E-state index contributed by atoms with van der Waals surface area (Å²) in [6.07, 6.45) is 0. The van der Waals surface area contributed by atoms with Gasteiger partial charge in [-0.2, -0.15) is 0 Å². The van der Waals surface area contributed by atoms with Gasteiger partial charge in [0.1, 0.15) is 22.3 Å². The normalized spacial score (nSPS) is 12.2. The molecule has 0 unspecified atom stereocenters. The maximum absolute atomic E-state index is 6.56. The minimum Gasteiger partial charge on any atom is -0.456 e. The van der Waals surface area contributed by atoms with Gasteiger partial charge in [0.05, 0.1) is 11.0 Å². The van der Waals surface area contributed by atoms with Crippen LogP contribution < -0.4 is 0 Å². The van der Waals surface area contributed by atoms with Crippen LogP contribution in [-0.2, 0) is 0 Å². The van der Waals surface area contributed by atoms with Crippen molar-refractivity contribution < 1.29 is 13.3 Å². The molecule has 0 aliphatic heterocycles. The summed E-state index contributed by atoms with van der Waals surface area (Å²) in [5, 5.41) is 8.97. The van der Waals surface area contributed by atoms with Gasteiger partial charge in [-0.05, 0) is 101 Å². The van der Waals surface area contributed by atoms with Crippen molar-refractivity contribution in [1.29, 1.82) is 0 Å². The molecule has 4 nitrogen and oxygen atoms in total. The number of aromatic nitrogens is 1. The lowest BCUT2D eigenvalue weighted by Crippen LogP contribution is -1.93. The fourth-order valence-electron chi connectivity index (χ4n) is 8.36. The maximum Gasteiger partial charge on any atom is 0.178 e. The Kier molecular flexibility index (Phi) is 5.47. The Labute approximate surface area is 296 Å². The summed E-state index contributed by atoms with van der Waals surface area (Å²) >= 11 is 0. The molecule has 0 saturated carbocycles. The summed E-state index contributed by atoms with van der Waals surface area (Å²) in [6, 6.07) is 57.9. The van der Waals surface area contributed by atoms with Gasteiger partial charge in [0.2, 0.25) is 0 Å². The van der Waals surface area contributed by atoms with Gasteiger partial charge in [-0.3, -0.25) is 0 Å². The van der Waals surface area contributed by atoms with Crippen molar-refractivity contribution in [3.63, 3.8) is 0 Å². The zero-order chi connectivity index (χ0) is 33.9. The third-order valence-corrected chi connectivity index (χ3v) is 10.8. The first-order valence-corrected chi connectivity index (χ1v) is 17.6. The zero-order valence-corrected chi connectivity index (χ0v) is 27.8. The van der Waals surface area contributed by atoms with Crippen LogP contribution in [0.1, 0.15) is 0 Å². The topological polar surface area (TPSA) is 44.4 Å².